The molecule has 1 saturated heterocycles. The van der Waals surface area contributed by atoms with E-state index in [-0.39, 0.29) is 18.2 Å². The average Bonchev–Trinajstić information content (AvgIpc) is 2.53. The number of hydrogen-bond acceptors (Lipinski definition) is 4. The SMILES string of the molecule is CCCS(=O)(=O)Nc1cccc(C(=O)N2CCCC(C)(C(=O)O)C2)c1. The monoisotopic (exact) mass is 368 g/mol. The number of rotatable bonds is 6. The molecular formula is C17H24N2O5S. The summed E-state index contributed by atoms with van der Waals surface area (Å²) in [4.78, 5) is 25.7. The number of sulfonamides is 1. The lowest BCUT2D eigenvalue weighted by atomic mass is 9.82. The van der Waals surface area contributed by atoms with Crippen LogP contribution in [0.15, 0.2) is 24.3 Å². The van der Waals surface area contributed by atoms with Crippen LogP contribution in [0.25, 0.3) is 0 Å². The molecule has 2 N–H and O–H groups in total. The van der Waals surface area contributed by atoms with Gasteiger partial charge in [-0.25, -0.2) is 8.42 Å². The number of carbonyl (C=O) groups excluding carboxylic acids is 1. The zero-order valence-electron chi connectivity index (χ0n) is 14.5. The summed E-state index contributed by atoms with van der Waals surface area (Å²) in [6, 6.07) is 6.29. The summed E-state index contributed by atoms with van der Waals surface area (Å²) in [5.41, 5.74) is -0.280. The van der Waals surface area contributed by atoms with Crippen LogP contribution >= 0.6 is 0 Å². The first-order chi connectivity index (χ1) is 11.7. The molecule has 1 unspecified atom stereocenters. The second-order valence-electron chi connectivity index (χ2n) is 6.70. The average molecular weight is 368 g/mol. The Morgan fingerprint density at radius 2 is 2.08 bits per heavy atom. The van der Waals surface area contributed by atoms with Crippen LogP contribution in [-0.2, 0) is 14.8 Å². The predicted octanol–water partition coefficient (Wildman–Crippen LogP) is 2.17. The van der Waals surface area contributed by atoms with Crippen molar-refractivity contribution in [3.05, 3.63) is 29.8 Å². The molecule has 7 nitrogen and oxygen atoms in total. The van der Waals surface area contributed by atoms with Gasteiger partial charge in [0.2, 0.25) is 10.0 Å². The van der Waals surface area contributed by atoms with Crippen molar-refractivity contribution in [2.45, 2.75) is 33.1 Å². The van der Waals surface area contributed by atoms with Crippen LogP contribution in [0.2, 0.25) is 0 Å². The van der Waals surface area contributed by atoms with Gasteiger partial charge < -0.3 is 10.0 Å². The Labute approximate surface area is 148 Å². The summed E-state index contributed by atoms with van der Waals surface area (Å²) in [7, 11) is -3.43. The number of carboxylic acid groups (broad SMARTS) is 1. The number of carboxylic acids is 1. The van der Waals surface area contributed by atoms with Gasteiger partial charge in [0.25, 0.3) is 5.91 Å². The highest BCUT2D eigenvalue weighted by molar-refractivity contribution is 7.92. The van der Waals surface area contributed by atoms with Crippen molar-refractivity contribution in [3.63, 3.8) is 0 Å². The summed E-state index contributed by atoms with van der Waals surface area (Å²) in [6.07, 6.45) is 1.65. The van der Waals surface area contributed by atoms with Crippen molar-refractivity contribution in [2.75, 3.05) is 23.6 Å². The molecule has 1 heterocycles. The Balaban J connectivity index is 2.17. The Morgan fingerprint density at radius 3 is 2.72 bits per heavy atom. The number of benzene rings is 1. The van der Waals surface area contributed by atoms with Crippen molar-refractivity contribution in [1.82, 2.24) is 4.90 Å². The number of carbonyl (C=O) groups is 2. The van der Waals surface area contributed by atoms with E-state index < -0.39 is 21.4 Å². The topological polar surface area (TPSA) is 104 Å². The van der Waals surface area contributed by atoms with Crippen molar-refractivity contribution in [2.24, 2.45) is 5.41 Å². The van der Waals surface area contributed by atoms with E-state index in [0.717, 1.165) is 0 Å². The van der Waals surface area contributed by atoms with Crippen LogP contribution in [-0.4, -0.2) is 49.1 Å². The maximum Gasteiger partial charge on any atom is 0.311 e. The summed E-state index contributed by atoms with van der Waals surface area (Å²) < 4.78 is 26.2. The molecule has 1 amide bonds. The zero-order valence-corrected chi connectivity index (χ0v) is 15.3. The van der Waals surface area contributed by atoms with Crippen molar-refractivity contribution >= 4 is 27.6 Å². The van der Waals surface area contributed by atoms with Crippen LogP contribution in [0.3, 0.4) is 0 Å². The largest absolute Gasteiger partial charge is 0.481 e. The van der Waals surface area contributed by atoms with E-state index in [1.54, 1.807) is 32.0 Å². The van der Waals surface area contributed by atoms with E-state index in [0.29, 0.717) is 37.1 Å². The Kier molecular flexibility index (Phi) is 5.72. The van der Waals surface area contributed by atoms with Crippen LogP contribution in [0.5, 0.6) is 0 Å². The van der Waals surface area contributed by atoms with E-state index in [9.17, 15) is 23.1 Å². The highest BCUT2D eigenvalue weighted by Crippen LogP contribution is 2.30. The van der Waals surface area contributed by atoms with Crippen LogP contribution in [0.1, 0.15) is 43.5 Å². The fraction of sp³-hybridized carbons (Fsp3) is 0.529. The third-order valence-electron chi connectivity index (χ3n) is 4.36. The maximum absolute atomic E-state index is 12.7. The summed E-state index contributed by atoms with van der Waals surface area (Å²) >= 11 is 0. The first kappa shape index (κ1) is 19.2. The first-order valence-electron chi connectivity index (χ1n) is 8.30. The molecule has 0 radical (unpaired) electrons. The minimum Gasteiger partial charge on any atom is -0.481 e. The van der Waals surface area contributed by atoms with Crippen molar-refractivity contribution in [1.29, 1.82) is 0 Å². The summed E-state index contributed by atoms with van der Waals surface area (Å²) in [5.74, 6) is -1.19. The van der Waals surface area contributed by atoms with Gasteiger partial charge in [-0.1, -0.05) is 13.0 Å². The van der Waals surface area contributed by atoms with E-state index in [1.807, 2.05) is 0 Å². The fourth-order valence-electron chi connectivity index (χ4n) is 2.98. The van der Waals surface area contributed by atoms with E-state index in [2.05, 4.69) is 4.72 Å². The molecule has 1 aliphatic heterocycles. The number of nitrogens with zero attached hydrogens (tertiary/aromatic N) is 1. The number of hydrogen-bond donors (Lipinski definition) is 2. The number of amides is 1. The molecule has 0 aliphatic carbocycles. The van der Waals surface area contributed by atoms with Gasteiger partial charge >= 0.3 is 5.97 Å². The van der Waals surface area contributed by atoms with Crippen LogP contribution in [0, 0.1) is 5.41 Å². The zero-order chi connectivity index (χ0) is 18.7. The van der Waals surface area contributed by atoms with E-state index >= 15 is 0 Å². The maximum atomic E-state index is 12.7. The molecule has 2 rings (SSSR count). The lowest BCUT2D eigenvalue weighted by molar-refractivity contribution is -0.150. The minimum atomic E-state index is -3.43. The molecule has 0 bridgehead atoms. The second kappa shape index (κ2) is 7.43. The molecule has 1 fully saturated rings. The summed E-state index contributed by atoms with van der Waals surface area (Å²) in [6.45, 7) is 4.06. The second-order valence-corrected chi connectivity index (χ2v) is 8.54. The third-order valence-corrected chi connectivity index (χ3v) is 5.85. The molecule has 0 saturated carbocycles. The lowest BCUT2D eigenvalue weighted by Crippen LogP contribution is -2.48. The Hall–Kier alpha value is -2.09. The van der Waals surface area contributed by atoms with Gasteiger partial charge in [-0.3, -0.25) is 14.3 Å². The highest BCUT2D eigenvalue weighted by Gasteiger charge is 2.39. The van der Waals surface area contributed by atoms with Crippen LogP contribution in [0.4, 0.5) is 5.69 Å². The molecule has 8 heteroatoms. The van der Waals surface area contributed by atoms with Crippen molar-refractivity contribution < 1.29 is 23.1 Å². The van der Waals surface area contributed by atoms with Crippen LogP contribution < -0.4 is 4.72 Å². The van der Waals surface area contributed by atoms with E-state index in [1.165, 1.54) is 11.0 Å². The van der Waals surface area contributed by atoms with Gasteiger partial charge in [-0.05, 0) is 44.4 Å². The lowest BCUT2D eigenvalue weighted by Gasteiger charge is -2.37. The van der Waals surface area contributed by atoms with Gasteiger partial charge in [0, 0.05) is 24.3 Å². The fourth-order valence-corrected chi connectivity index (χ4v) is 4.11. The van der Waals surface area contributed by atoms with Crippen molar-refractivity contribution in [3.8, 4) is 0 Å². The predicted molar refractivity (Wildman–Crippen MR) is 95.0 cm³/mol. The highest BCUT2D eigenvalue weighted by atomic mass is 32.2. The molecule has 1 aromatic carbocycles. The molecule has 138 valence electrons. The molecule has 25 heavy (non-hydrogen) atoms. The van der Waals surface area contributed by atoms with E-state index in [4.69, 9.17) is 0 Å². The number of anilines is 1. The van der Waals surface area contributed by atoms with Gasteiger partial charge in [-0.2, -0.15) is 0 Å². The Bertz CT molecular complexity index is 762. The van der Waals surface area contributed by atoms with Gasteiger partial charge in [0.1, 0.15) is 0 Å². The smallest absolute Gasteiger partial charge is 0.311 e. The Morgan fingerprint density at radius 1 is 1.36 bits per heavy atom. The molecular weight excluding hydrogens is 344 g/mol. The number of aliphatic carboxylic acids is 1. The van der Waals surface area contributed by atoms with Gasteiger partial charge in [-0.15, -0.1) is 0 Å². The standard InChI is InChI=1S/C17H24N2O5S/c1-3-10-25(23,24)18-14-7-4-6-13(11-14)15(20)19-9-5-8-17(2,12-19)16(21)22/h4,6-7,11,18H,3,5,8-10,12H2,1-2H3,(H,21,22). The number of likely N-dealkylation sites (tertiary alicyclic amines) is 1. The molecule has 1 aromatic rings. The molecule has 1 aliphatic rings. The normalized spacial score (nSPS) is 21.0. The summed E-state index contributed by atoms with van der Waals surface area (Å²) in [5, 5.41) is 9.38. The third kappa shape index (κ3) is 4.72. The van der Waals surface area contributed by atoms with Gasteiger partial charge in [0.05, 0.1) is 11.2 Å². The van der Waals surface area contributed by atoms with Gasteiger partial charge in [0.15, 0.2) is 0 Å². The first-order valence-corrected chi connectivity index (χ1v) is 9.95. The quantitative estimate of drug-likeness (QED) is 0.801. The minimum absolute atomic E-state index is 0.00820. The number of nitrogens with one attached hydrogen (secondary N) is 1. The molecule has 0 spiro atoms. The number of piperidine rings is 1. The molecule has 0 aromatic heterocycles. The molecule has 1 atom stereocenters.